The average Bonchev–Trinajstić information content (AvgIpc) is 2.46. The molecule has 5 heteroatoms. The number of hydrogen-bond donors (Lipinski definition) is 1. The van der Waals surface area contributed by atoms with Gasteiger partial charge in [0.15, 0.2) is 0 Å². The zero-order valence-corrected chi connectivity index (χ0v) is 14.4. The standard InChI is InChI=1S/C18H25N5/c1-13-9-14(2)11-16(10-13)20-18-19-15(3)12-17(21-18)23-7-5-22(4)6-8-23/h9-12H,5-8H2,1-4H3,(H,19,20,21). The highest BCUT2D eigenvalue weighted by molar-refractivity contribution is 5.58. The number of nitrogens with one attached hydrogen (secondary N) is 1. The van der Waals surface area contributed by atoms with Crippen LogP contribution >= 0.6 is 0 Å². The first-order chi connectivity index (χ1) is 11.0. The van der Waals surface area contributed by atoms with Crippen LogP contribution in [0.2, 0.25) is 0 Å². The topological polar surface area (TPSA) is 44.3 Å². The van der Waals surface area contributed by atoms with Gasteiger partial charge in [-0.15, -0.1) is 0 Å². The molecule has 0 radical (unpaired) electrons. The lowest BCUT2D eigenvalue weighted by Gasteiger charge is -2.33. The lowest BCUT2D eigenvalue weighted by molar-refractivity contribution is 0.312. The molecule has 0 saturated carbocycles. The molecule has 0 amide bonds. The van der Waals surface area contributed by atoms with Gasteiger partial charge in [0, 0.05) is 43.6 Å². The Kier molecular flexibility index (Phi) is 4.48. The van der Waals surface area contributed by atoms with E-state index in [-0.39, 0.29) is 0 Å². The summed E-state index contributed by atoms with van der Waals surface area (Å²) in [6.45, 7) is 10.4. The van der Waals surface area contributed by atoms with Gasteiger partial charge in [-0.2, -0.15) is 4.98 Å². The van der Waals surface area contributed by atoms with Crippen molar-refractivity contribution in [1.29, 1.82) is 0 Å². The Bertz CT molecular complexity index is 670. The minimum absolute atomic E-state index is 0.670. The molecule has 122 valence electrons. The molecular weight excluding hydrogens is 286 g/mol. The van der Waals surface area contributed by atoms with Crippen LogP contribution in [-0.4, -0.2) is 48.1 Å². The van der Waals surface area contributed by atoms with Gasteiger partial charge in [0.25, 0.3) is 0 Å². The van der Waals surface area contributed by atoms with Crippen molar-refractivity contribution in [1.82, 2.24) is 14.9 Å². The zero-order valence-electron chi connectivity index (χ0n) is 14.4. The minimum atomic E-state index is 0.670. The molecule has 1 saturated heterocycles. The van der Waals surface area contributed by atoms with Gasteiger partial charge in [-0.25, -0.2) is 4.98 Å². The first-order valence-electron chi connectivity index (χ1n) is 8.14. The zero-order chi connectivity index (χ0) is 16.4. The largest absolute Gasteiger partial charge is 0.354 e. The summed E-state index contributed by atoms with van der Waals surface area (Å²) < 4.78 is 0. The quantitative estimate of drug-likeness (QED) is 0.944. The van der Waals surface area contributed by atoms with Crippen LogP contribution in [0.25, 0.3) is 0 Å². The highest BCUT2D eigenvalue weighted by Crippen LogP contribution is 2.21. The van der Waals surface area contributed by atoms with E-state index in [2.05, 4.69) is 65.3 Å². The summed E-state index contributed by atoms with van der Waals surface area (Å²) >= 11 is 0. The minimum Gasteiger partial charge on any atom is -0.354 e. The molecule has 0 unspecified atom stereocenters. The van der Waals surface area contributed by atoms with Crippen molar-refractivity contribution in [2.75, 3.05) is 43.4 Å². The van der Waals surface area contributed by atoms with E-state index in [9.17, 15) is 0 Å². The fourth-order valence-electron chi connectivity index (χ4n) is 2.98. The molecule has 2 aromatic rings. The Balaban J connectivity index is 1.82. The molecule has 1 aliphatic rings. The van der Waals surface area contributed by atoms with Crippen LogP contribution in [-0.2, 0) is 0 Å². The summed E-state index contributed by atoms with van der Waals surface area (Å²) in [6, 6.07) is 8.47. The summed E-state index contributed by atoms with van der Waals surface area (Å²) in [5, 5.41) is 3.36. The fourth-order valence-corrected chi connectivity index (χ4v) is 2.98. The molecule has 23 heavy (non-hydrogen) atoms. The van der Waals surface area contributed by atoms with Crippen molar-refractivity contribution in [3.63, 3.8) is 0 Å². The van der Waals surface area contributed by atoms with Crippen LogP contribution in [0.15, 0.2) is 24.3 Å². The van der Waals surface area contributed by atoms with E-state index in [4.69, 9.17) is 4.98 Å². The fraction of sp³-hybridized carbons (Fsp3) is 0.444. The van der Waals surface area contributed by atoms with Crippen molar-refractivity contribution >= 4 is 17.5 Å². The molecule has 5 nitrogen and oxygen atoms in total. The predicted molar refractivity (Wildman–Crippen MR) is 95.7 cm³/mol. The molecule has 1 aromatic carbocycles. The maximum absolute atomic E-state index is 4.72. The van der Waals surface area contributed by atoms with Gasteiger partial charge in [0.1, 0.15) is 5.82 Å². The molecular formula is C18H25N5. The summed E-state index contributed by atoms with van der Waals surface area (Å²) in [5.74, 6) is 1.68. The number of rotatable bonds is 3. The number of nitrogens with zero attached hydrogens (tertiary/aromatic N) is 4. The molecule has 1 aromatic heterocycles. The van der Waals surface area contributed by atoms with Gasteiger partial charge in [-0.1, -0.05) is 6.07 Å². The number of piperazine rings is 1. The van der Waals surface area contributed by atoms with E-state index in [0.29, 0.717) is 5.95 Å². The number of hydrogen-bond acceptors (Lipinski definition) is 5. The van der Waals surface area contributed by atoms with Gasteiger partial charge in [0.05, 0.1) is 0 Å². The third kappa shape index (κ3) is 3.99. The maximum Gasteiger partial charge on any atom is 0.229 e. The van der Waals surface area contributed by atoms with Crippen LogP contribution < -0.4 is 10.2 Å². The summed E-state index contributed by atoms with van der Waals surface area (Å²) in [6.07, 6.45) is 0. The van der Waals surface area contributed by atoms with Gasteiger partial charge in [-0.3, -0.25) is 0 Å². The molecule has 3 rings (SSSR count). The SMILES string of the molecule is Cc1cc(C)cc(Nc2nc(C)cc(N3CCN(C)CC3)n2)c1. The molecule has 0 atom stereocenters. The van der Waals surface area contributed by atoms with Crippen LogP contribution in [0.4, 0.5) is 17.5 Å². The second-order valence-electron chi connectivity index (χ2n) is 6.48. The Morgan fingerprint density at radius 2 is 1.52 bits per heavy atom. The lowest BCUT2D eigenvalue weighted by atomic mass is 10.1. The predicted octanol–water partition coefficient (Wildman–Crippen LogP) is 2.90. The molecule has 2 heterocycles. The molecule has 1 N–H and O–H groups in total. The highest BCUT2D eigenvalue weighted by atomic mass is 15.3. The monoisotopic (exact) mass is 311 g/mol. The van der Waals surface area contributed by atoms with Gasteiger partial charge in [0.2, 0.25) is 5.95 Å². The number of likely N-dealkylation sites (N-methyl/N-ethyl adjacent to an activating group) is 1. The molecule has 0 aliphatic carbocycles. The van der Waals surface area contributed by atoms with Crippen LogP contribution in [0.3, 0.4) is 0 Å². The lowest BCUT2D eigenvalue weighted by Crippen LogP contribution is -2.44. The van der Waals surface area contributed by atoms with E-state index >= 15 is 0 Å². The van der Waals surface area contributed by atoms with Crippen LogP contribution in [0, 0.1) is 20.8 Å². The third-order valence-electron chi connectivity index (χ3n) is 4.15. The van der Waals surface area contributed by atoms with Crippen LogP contribution in [0.5, 0.6) is 0 Å². The van der Waals surface area contributed by atoms with E-state index in [1.807, 2.05) is 6.92 Å². The van der Waals surface area contributed by atoms with Gasteiger partial charge in [-0.05, 0) is 51.1 Å². The van der Waals surface area contributed by atoms with Gasteiger partial charge < -0.3 is 15.1 Å². The maximum atomic E-state index is 4.72. The van der Waals surface area contributed by atoms with Gasteiger partial charge >= 0.3 is 0 Å². The summed E-state index contributed by atoms with van der Waals surface area (Å²) in [7, 11) is 2.16. The number of aryl methyl sites for hydroxylation is 3. The Hall–Kier alpha value is -2.14. The second-order valence-corrected chi connectivity index (χ2v) is 6.48. The number of aromatic nitrogens is 2. The molecule has 1 aliphatic heterocycles. The summed E-state index contributed by atoms with van der Waals surface area (Å²) in [5.41, 5.74) is 4.50. The third-order valence-corrected chi connectivity index (χ3v) is 4.15. The molecule has 0 bridgehead atoms. The first kappa shape index (κ1) is 15.7. The summed E-state index contributed by atoms with van der Waals surface area (Å²) in [4.78, 5) is 13.9. The second kappa shape index (κ2) is 6.54. The van der Waals surface area contributed by atoms with Crippen molar-refractivity contribution in [2.45, 2.75) is 20.8 Å². The number of benzene rings is 1. The van der Waals surface area contributed by atoms with E-state index < -0.39 is 0 Å². The van der Waals surface area contributed by atoms with E-state index in [1.54, 1.807) is 0 Å². The Labute approximate surface area is 138 Å². The van der Waals surface area contributed by atoms with Crippen LogP contribution in [0.1, 0.15) is 16.8 Å². The van der Waals surface area contributed by atoms with E-state index in [1.165, 1.54) is 11.1 Å². The molecule has 0 spiro atoms. The normalized spacial score (nSPS) is 15.7. The smallest absolute Gasteiger partial charge is 0.229 e. The van der Waals surface area contributed by atoms with Crippen molar-refractivity contribution < 1.29 is 0 Å². The average molecular weight is 311 g/mol. The molecule has 1 fully saturated rings. The number of anilines is 3. The highest BCUT2D eigenvalue weighted by Gasteiger charge is 2.16. The van der Waals surface area contributed by atoms with Crippen molar-refractivity contribution in [3.8, 4) is 0 Å². The first-order valence-corrected chi connectivity index (χ1v) is 8.14. The van der Waals surface area contributed by atoms with Crippen molar-refractivity contribution in [2.24, 2.45) is 0 Å². The Morgan fingerprint density at radius 1 is 0.870 bits per heavy atom. The van der Waals surface area contributed by atoms with Crippen molar-refractivity contribution in [3.05, 3.63) is 41.1 Å². The van der Waals surface area contributed by atoms with E-state index in [0.717, 1.165) is 43.4 Å². The Morgan fingerprint density at radius 3 is 2.17 bits per heavy atom.